The summed E-state index contributed by atoms with van der Waals surface area (Å²) >= 11 is 0. The summed E-state index contributed by atoms with van der Waals surface area (Å²) in [4.78, 5) is 26.0. The molecule has 1 unspecified atom stereocenters. The quantitative estimate of drug-likeness (QED) is 0.874. The van der Waals surface area contributed by atoms with Crippen LogP contribution in [0.3, 0.4) is 0 Å². The lowest BCUT2D eigenvalue weighted by molar-refractivity contribution is -0.143. The molecule has 3 rings (SSSR count). The molecule has 138 valence electrons. The number of hydrogen-bond acceptors (Lipinski definition) is 5. The molecular formula is C18H22N4O4. The molecule has 1 N–H and O–H groups in total. The molecule has 0 saturated heterocycles. The highest BCUT2D eigenvalue weighted by atomic mass is 16.5. The summed E-state index contributed by atoms with van der Waals surface area (Å²) in [6.07, 6.45) is 0. The third-order valence-corrected chi connectivity index (χ3v) is 4.27. The topological polar surface area (TPSA) is 97.5 Å². The lowest BCUT2D eigenvalue weighted by Crippen LogP contribution is -2.50. The van der Waals surface area contributed by atoms with Crippen molar-refractivity contribution in [1.29, 1.82) is 0 Å². The molecule has 2 aromatic rings. The van der Waals surface area contributed by atoms with Crippen LogP contribution in [0.1, 0.15) is 35.9 Å². The van der Waals surface area contributed by atoms with E-state index in [4.69, 9.17) is 4.74 Å². The van der Waals surface area contributed by atoms with Gasteiger partial charge in [0.05, 0.1) is 19.7 Å². The highest BCUT2D eigenvalue weighted by Gasteiger charge is 2.36. The van der Waals surface area contributed by atoms with Crippen molar-refractivity contribution in [3.8, 4) is 5.75 Å². The van der Waals surface area contributed by atoms with E-state index in [0.29, 0.717) is 35.5 Å². The molecule has 26 heavy (non-hydrogen) atoms. The SMILES string of the molecule is Cc1nnc2n1CC(C(=O)O)N(C(=O)c1cccc(OCC(C)C)c1)C2. The second-order valence-corrected chi connectivity index (χ2v) is 6.79. The first-order valence-corrected chi connectivity index (χ1v) is 8.52. The van der Waals surface area contributed by atoms with Crippen LogP contribution < -0.4 is 4.74 Å². The van der Waals surface area contributed by atoms with Gasteiger partial charge in [0.25, 0.3) is 5.91 Å². The Balaban J connectivity index is 1.86. The summed E-state index contributed by atoms with van der Waals surface area (Å²) < 4.78 is 7.41. The lowest BCUT2D eigenvalue weighted by atomic mass is 10.1. The molecule has 1 aliphatic rings. The molecule has 0 spiro atoms. The molecule has 1 amide bonds. The molecule has 2 heterocycles. The molecule has 1 aromatic carbocycles. The minimum atomic E-state index is -1.05. The fraction of sp³-hybridized carbons (Fsp3) is 0.444. The smallest absolute Gasteiger partial charge is 0.328 e. The molecular weight excluding hydrogens is 336 g/mol. The number of carbonyl (C=O) groups is 2. The third kappa shape index (κ3) is 3.54. The van der Waals surface area contributed by atoms with E-state index < -0.39 is 12.0 Å². The first kappa shape index (κ1) is 17.9. The zero-order valence-electron chi connectivity index (χ0n) is 15.0. The van der Waals surface area contributed by atoms with E-state index in [2.05, 4.69) is 10.2 Å². The van der Waals surface area contributed by atoms with Gasteiger partial charge in [-0.25, -0.2) is 4.79 Å². The monoisotopic (exact) mass is 358 g/mol. The molecule has 0 fully saturated rings. The van der Waals surface area contributed by atoms with Gasteiger partial charge in [0.1, 0.15) is 17.6 Å². The predicted octanol–water partition coefficient (Wildman–Crippen LogP) is 1.73. The number of aliphatic carboxylic acids is 1. The van der Waals surface area contributed by atoms with Gasteiger partial charge < -0.3 is 19.3 Å². The number of amides is 1. The predicted molar refractivity (Wildman–Crippen MR) is 92.8 cm³/mol. The van der Waals surface area contributed by atoms with Crippen molar-refractivity contribution < 1.29 is 19.4 Å². The minimum Gasteiger partial charge on any atom is -0.493 e. The van der Waals surface area contributed by atoms with Crippen LogP contribution >= 0.6 is 0 Å². The van der Waals surface area contributed by atoms with Crippen molar-refractivity contribution in [3.63, 3.8) is 0 Å². The maximum atomic E-state index is 13.0. The van der Waals surface area contributed by atoms with Crippen molar-refractivity contribution in [2.24, 2.45) is 5.92 Å². The van der Waals surface area contributed by atoms with Crippen molar-refractivity contribution in [2.45, 2.75) is 39.9 Å². The summed E-state index contributed by atoms with van der Waals surface area (Å²) in [5.41, 5.74) is 0.391. The Bertz CT molecular complexity index is 830. The molecule has 8 heteroatoms. The zero-order chi connectivity index (χ0) is 18.8. The van der Waals surface area contributed by atoms with Crippen LogP contribution in [-0.4, -0.2) is 49.3 Å². The van der Waals surface area contributed by atoms with Crippen molar-refractivity contribution >= 4 is 11.9 Å². The number of carbonyl (C=O) groups excluding carboxylic acids is 1. The fourth-order valence-corrected chi connectivity index (χ4v) is 2.89. The largest absolute Gasteiger partial charge is 0.493 e. The maximum Gasteiger partial charge on any atom is 0.328 e. The second-order valence-electron chi connectivity index (χ2n) is 6.79. The number of benzene rings is 1. The van der Waals surface area contributed by atoms with Crippen LogP contribution in [0.2, 0.25) is 0 Å². The Morgan fingerprint density at radius 3 is 2.81 bits per heavy atom. The second kappa shape index (κ2) is 7.15. The molecule has 0 bridgehead atoms. The Morgan fingerprint density at radius 1 is 1.35 bits per heavy atom. The summed E-state index contributed by atoms with van der Waals surface area (Å²) in [5.74, 6) is 0.765. The molecule has 1 aliphatic heterocycles. The first-order valence-electron chi connectivity index (χ1n) is 8.52. The van der Waals surface area contributed by atoms with Gasteiger partial charge in [0, 0.05) is 5.56 Å². The normalized spacial score (nSPS) is 16.5. The number of fused-ring (bicyclic) bond motifs is 1. The zero-order valence-corrected chi connectivity index (χ0v) is 15.0. The number of ether oxygens (including phenoxy) is 1. The van der Waals surface area contributed by atoms with Crippen molar-refractivity contribution in [2.75, 3.05) is 6.61 Å². The third-order valence-electron chi connectivity index (χ3n) is 4.27. The van der Waals surface area contributed by atoms with E-state index in [1.54, 1.807) is 35.8 Å². The lowest BCUT2D eigenvalue weighted by Gasteiger charge is -2.33. The number of carboxylic acid groups (broad SMARTS) is 1. The summed E-state index contributed by atoms with van der Waals surface area (Å²) in [6.45, 7) is 6.63. The highest BCUT2D eigenvalue weighted by Crippen LogP contribution is 2.22. The number of nitrogens with zero attached hydrogens (tertiary/aromatic N) is 4. The van der Waals surface area contributed by atoms with Crippen LogP contribution in [0.25, 0.3) is 0 Å². The Labute approximate surface area is 151 Å². The van der Waals surface area contributed by atoms with E-state index in [1.165, 1.54) is 4.90 Å². The molecule has 0 radical (unpaired) electrons. The fourth-order valence-electron chi connectivity index (χ4n) is 2.89. The van der Waals surface area contributed by atoms with Gasteiger partial charge in [0.2, 0.25) is 0 Å². The number of aryl methyl sites for hydroxylation is 1. The standard InChI is InChI=1S/C18H22N4O4/c1-11(2)10-26-14-6-4-5-13(7-14)17(23)22-9-16-20-19-12(3)21(16)8-15(22)18(24)25/h4-7,11,15H,8-10H2,1-3H3,(H,24,25). The molecule has 1 atom stereocenters. The van der Waals surface area contributed by atoms with Crippen LogP contribution in [0.4, 0.5) is 0 Å². The molecule has 0 aliphatic carbocycles. The van der Waals surface area contributed by atoms with E-state index in [-0.39, 0.29) is 19.0 Å². The Kier molecular flexibility index (Phi) is 4.92. The van der Waals surface area contributed by atoms with E-state index >= 15 is 0 Å². The summed E-state index contributed by atoms with van der Waals surface area (Å²) in [6, 6.07) is 5.85. The summed E-state index contributed by atoms with van der Waals surface area (Å²) in [7, 11) is 0. The molecule has 0 saturated carbocycles. The number of hydrogen-bond donors (Lipinski definition) is 1. The number of carboxylic acids is 1. The Morgan fingerprint density at radius 2 is 2.12 bits per heavy atom. The van der Waals surface area contributed by atoms with Gasteiger partial charge in [-0.3, -0.25) is 4.79 Å². The van der Waals surface area contributed by atoms with Gasteiger partial charge in [-0.15, -0.1) is 10.2 Å². The van der Waals surface area contributed by atoms with Crippen LogP contribution in [-0.2, 0) is 17.9 Å². The van der Waals surface area contributed by atoms with Crippen LogP contribution in [0.15, 0.2) is 24.3 Å². The van der Waals surface area contributed by atoms with Gasteiger partial charge in [0.15, 0.2) is 5.82 Å². The average molecular weight is 358 g/mol. The van der Waals surface area contributed by atoms with Gasteiger partial charge in [-0.1, -0.05) is 19.9 Å². The number of rotatable bonds is 5. The van der Waals surface area contributed by atoms with E-state index in [9.17, 15) is 14.7 Å². The number of aromatic nitrogens is 3. The van der Waals surface area contributed by atoms with Crippen LogP contribution in [0.5, 0.6) is 5.75 Å². The van der Waals surface area contributed by atoms with Gasteiger partial charge in [-0.05, 0) is 31.0 Å². The summed E-state index contributed by atoms with van der Waals surface area (Å²) in [5, 5.41) is 17.6. The minimum absolute atomic E-state index is 0.105. The molecule has 8 nitrogen and oxygen atoms in total. The Hall–Kier alpha value is -2.90. The molecule has 1 aromatic heterocycles. The van der Waals surface area contributed by atoms with Gasteiger partial charge in [-0.2, -0.15) is 0 Å². The average Bonchev–Trinajstić information content (AvgIpc) is 2.98. The van der Waals surface area contributed by atoms with E-state index in [1.807, 2.05) is 13.8 Å². The van der Waals surface area contributed by atoms with Crippen molar-refractivity contribution in [1.82, 2.24) is 19.7 Å². The van der Waals surface area contributed by atoms with Crippen molar-refractivity contribution in [3.05, 3.63) is 41.5 Å². The maximum absolute atomic E-state index is 13.0. The first-order chi connectivity index (χ1) is 12.4. The van der Waals surface area contributed by atoms with E-state index in [0.717, 1.165) is 0 Å². The highest BCUT2D eigenvalue weighted by molar-refractivity contribution is 5.97. The van der Waals surface area contributed by atoms with Crippen LogP contribution in [0, 0.1) is 12.8 Å². The van der Waals surface area contributed by atoms with Gasteiger partial charge >= 0.3 is 5.97 Å².